The van der Waals surface area contributed by atoms with Crippen molar-refractivity contribution in [1.82, 2.24) is 9.88 Å². The molecule has 0 saturated carbocycles. The van der Waals surface area contributed by atoms with Gasteiger partial charge in [0.25, 0.3) is 5.91 Å². The summed E-state index contributed by atoms with van der Waals surface area (Å²) >= 11 is 1.22. The van der Waals surface area contributed by atoms with E-state index in [2.05, 4.69) is 4.98 Å². The second kappa shape index (κ2) is 6.33. The number of aromatic nitrogens is 1. The Morgan fingerprint density at radius 3 is 2.75 bits per heavy atom. The van der Waals surface area contributed by atoms with E-state index >= 15 is 0 Å². The molecule has 1 aromatic carbocycles. The fraction of sp³-hybridized carbons (Fsp3) is 0.231. The first kappa shape index (κ1) is 14.3. The van der Waals surface area contributed by atoms with Crippen LogP contribution < -0.4 is 10.5 Å². The Kier molecular flexibility index (Phi) is 4.52. The SMILES string of the molecule is CN(CCOc1ccc(F)cc1)C(=O)c1csc(N)n1. The summed E-state index contributed by atoms with van der Waals surface area (Å²) in [6.45, 7) is 0.709. The van der Waals surface area contributed by atoms with Crippen molar-refractivity contribution in [2.75, 3.05) is 25.9 Å². The van der Waals surface area contributed by atoms with Crippen LogP contribution in [-0.2, 0) is 0 Å². The summed E-state index contributed by atoms with van der Waals surface area (Å²) in [6.07, 6.45) is 0. The molecule has 20 heavy (non-hydrogen) atoms. The van der Waals surface area contributed by atoms with Gasteiger partial charge in [-0.3, -0.25) is 4.79 Å². The molecule has 2 rings (SSSR count). The quantitative estimate of drug-likeness (QED) is 0.916. The number of benzene rings is 1. The highest BCUT2D eigenvalue weighted by Gasteiger charge is 2.14. The number of likely N-dealkylation sites (N-methyl/N-ethyl adjacent to an activating group) is 1. The molecule has 0 radical (unpaired) electrons. The van der Waals surface area contributed by atoms with Crippen molar-refractivity contribution < 1.29 is 13.9 Å². The second-order valence-electron chi connectivity index (χ2n) is 4.10. The molecule has 2 aromatic rings. The lowest BCUT2D eigenvalue weighted by molar-refractivity contribution is 0.0769. The Morgan fingerprint density at radius 2 is 2.15 bits per heavy atom. The highest BCUT2D eigenvalue weighted by Crippen LogP contribution is 2.13. The Balaban J connectivity index is 1.81. The van der Waals surface area contributed by atoms with Crippen LogP contribution in [0.5, 0.6) is 5.75 Å². The van der Waals surface area contributed by atoms with Crippen LogP contribution in [-0.4, -0.2) is 36.0 Å². The average Bonchev–Trinajstić information content (AvgIpc) is 2.86. The molecule has 0 atom stereocenters. The predicted molar refractivity (Wildman–Crippen MR) is 75.4 cm³/mol. The zero-order chi connectivity index (χ0) is 14.5. The largest absolute Gasteiger partial charge is 0.492 e. The summed E-state index contributed by atoms with van der Waals surface area (Å²) in [5.74, 6) is 0.0385. The molecule has 0 aliphatic heterocycles. The van der Waals surface area contributed by atoms with Gasteiger partial charge in [-0.1, -0.05) is 0 Å². The Labute approximate surface area is 119 Å². The molecule has 5 nitrogen and oxygen atoms in total. The van der Waals surface area contributed by atoms with E-state index in [4.69, 9.17) is 10.5 Å². The number of ether oxygens (including phenoxy) is 1. The van der Waals surface area contributed by atoms with E-state index < -0.39 is 0 Å². The third-order valence-corrected chi connectivity index (χ3v) is 3.27. The van der Waals surface area contributed by atoms with Crippen molar-refractivity contribution in [1.29, 1.82) is 0 Å². The van der Waals surface area contributed by atoms with Crippen molar-refractivity contribution in [2.24, 2.45) is 0 Å². The molecule has 0 fully saturated rings. The topological polar surface area (TPSA) is 68.5 Å². The van der Waals surface area contributed by atoms with Gasteiger partial charge in [-0.25, -0.2) is 9.37 Å². The molecule has 0 aliphatic rings. The Morgan fingerprint density at radius 1 is 1.45 bits per heavy atom. The number of carbonyl (C=O) groups is 1. The lowest BCUT2D eigenvalue weighted by atomic mass is 10.3. The number of hydrogen-bond acceptors (Lipinski definition) is 5. The predicted octanol–water partition coefficient (Wildman–Crippen LogP) is 2.02. The molecule has 1 heterocycles. The zero-order valence-corrected chi connectivity index (χ0v) is 11.7. The number of nitrogen functional groups attached to an aromatic ring is 1. The maximum atomic E-state index is 12.7. The second-order valence-corrected chi connectivity index (χ2v) is 4.99. The molecule has 106 valence electrons. The van der Waals surface area contributed by atoms with E-state index in [0.29, 0.717) is 29.7 Å². The fourth-order valence-electron chi connectivity index (χ4n) is 1.51. The number of carbonyl (C=O) groups excluding carboxylic acids is 1. The number of rotatable bonds is 5. The molecule has 1 aromatic heterocycles. The molecule has 0 bridgehead atoms. The lowest BCUT2D eigenvalue weighted by Crippen LogP contribution is -2.31. The van der Waals surface area contributed by atoms with Crippen LogP contribution in [0.2, 0.25) is 0 Å². The highest BCUT2D eigenvalue weighted by molar-refractivity contribution is 7.13. The van der Waals surface area contributed by atoms with E-state index in [1.54, 1.807) is 12.4 Å². The number of nitrogens with zero attached hydrogens (tertiary/aromatic N) is 2. The van der Waals surface area contributed by atoms with Gasteiger partial charge in [-0.05, 0) is 24.3 Å². The maximum Gasteiger partial charge on any atom is 0.273 e. The van der Waals surface area contributed by atoms with Crippen LogP contribution in [0.1, 0.15) is 10.5 Å². The summed E-state index contributed by atoms with van der Waals surface area (Å²) in [4.78, 5) is 17.4. The Bertz CT molecular complexity index is 586. The summed E-state index contributed by atoms with van der Waals surface area (Å²) in [5, 5.41) is 1.99. The molecule has 1 amide bonds. The van der Waals surface area contributed by atoms with Gasteiger partial charge in [-0.15, -0.1) is 11.3 Å². The molecular formula is C13H14FN3O2S. The highest BCUT2D eigenvalue weighted by atomic mass is 32.1. The monoisotopic (exact) mass is 295 g/mol. The first-order valence-corrected chi connectivity index (χ1v) is 6.79. The summed E-state index contributed by atoms with van der Waals surface area (Å²) in [6, 6.07) is 5.72. The third kappa shape index (κ3) is 3.67. The number of anilines is 1. The van der Waals surface area contributed by atoms with Crippen LogP contribution in [0.25, 0.3) is 0 Å². The molecule has 0 spiro atoms. The number of hydrogen-bond donors (Lipinski definition) is 1. The number of halogens is 1. The number of nitrogens with two attached hydrogens (primary N) is 1. The van der Waals surface area contributed by atoms with Crippen molar-refractivity contribution in [3.63, 3.8) is 0 Å². The molecule has 0 aliphatic carbocycles. The Hall–Kier alpha value is -2.15. The van der Waals surface area contributed by atoms with E-state index in [1.807, 2.05) is 0 Å². The van der Waals surface area contributed by atoms with Gasteiger partial charge in [0, 0.05) is 12.4 Å². The van der Waals surface area contributed by atoms with Gasteiger partial charge in [0.2, 0.25) is 0 Å². The summed E-state index contributed by atoms with van der Waals surface area (Å²) < 4.78 is 18.1. The van der Waals surface area contributed by atoms with Crippen molar-refractivity contribution in [2.45, 2.75) is 0 Å². The number of amides is 1. The van der Waals surface area contributed by atoms with Crippen LogP contribution in [0, 0.1) is 5.82 Å². The van der Waals surface area contributed by atoms with Crippen molar-refractivity contribution >= 4 is 22.4 Å². The van der Waals surface area contributed by atoms with E-state index in [0.717, 1.165) is 0 Å². The minimum atomic E-state index is -0.314. The molecule has 0 saturated heterocycles. The normalized spacial score (nSPS) is 10.3. The van der Waals surface area contributed by atoms with Gasteiger partial charge in [0.15, 0.2) is 5.13 Å². The molecular weight excluding hydrogens is 281 g/mol. The fourth-order valence-corrected chi connectivity index (χ4v) is 2.05. The smallest absolute Gasteiger partial charge is 0.273 e. The lowest BCUT2D eigenvalue weighted by Gasteiger charge is -2.16. The van der Waals surface area contributed by atoms with Crippen molar-refractivity contribution in [3.05, 3.63) is 41.2 Å². The molecule has 0 unspecified atom stereocenters. The van der Waals surface area contributed by atoms with Gasteiger partial charge in [-0.2, -0.15) is 0 Å². The van der Waals surface area contributed by atoms with E-state index in [-0.39, 0.29) is 11.7 Å². The molecule has 7 heteroatoms. The minimum absolute atomic E-state index is 0.208. The summed E-state index contributed by atoms with van der Waals surface area (Å²) in [5.41, 5.74) is 5.82. The zero-order valence-electron chi connectivity index (χ0n) is 10.9. The first-order chi connectivity index (χ1) is 9.56. The van der Waals surface area contributed by atoms with Crippen LogP contribution in [0.4, 0.5) is 9.52 Å². The molecule has 2 N–H and O–H groups in total. The van der Waals surface area contributed by atoms with Crippen LogP contribution in [0.15, 0.2) is 29.6 Å². The maximum absolute atomic E-state index is 12.7. The minimum Gasteiger partial charge on any atom is -0.492 e. The van der Waals surface area contributed by atoms with Crippen molar-refractivity contribution in [3.8, 4) is 5.75 Å². The van der Waals surface area contributed by atoms with E-state index in [1.165, 1.54) is 40.5 Å². The van der Waals surface area contributed by atoms with Gasteiger partial charge < -0.3 is 15.4 Å². The van der Waals surface area contributed by atoms with Gasteiger partial charge >= 0.3 is 0 Å². The average molecular weight is 295 g/mol. The standard InChI is InChI=1S/C13H14FN3O2S/c1-17(12(18)11-8-20-13(15)16-11)6-7-19-10-4-2-9(14)3-5-10/h2-5,8H,6-7H2,1H3,(H2,15,16). The van der Waals surface area contributed by atoms with Gasteiger partial charge in [0.05, 0.1) is 6.54 Å². The number of thiazole rings is 1. The summed E-state index contributed by atoms with van der Waals surface area (Å²) in [7, 11) is 1.66. The van der Waals surface area contributed by atoms with E-state index in [9.17, 15) is 9.18 Å². The van der Waals surface area contributed by atoms with Crippen LogP contribution >= 0.6 is 11.3 Å². The third-order valence-electron chi connectivity index (χ3n) is 2.60. The van der Waals surface area contributed by atoms with Crippen LogP contribution in [0.3, 0.4) is 0 Å². The van der Waals surface area contributed by atoms with Gasteiger partial charge in [0.1, 0.15) is 23.9 Å². The first-order valence-electron chi connectivity index (χ1n) is 5.91.